The number of nitrogens with zero attached hydrogens (tertiary/aromatic N) is 1. The van der Waals surface area contributed by atoms with Gasteiger partial charge in [-0.3, -0.25) is 0 Å². The fourth-order valence-electron chi connectivity index (χ4n) is 2.37. The normalized spacial score (nSPS) is 21.8. The molecule has 1 aromatic carbocycles. The van der Waals surface area contributed by atoms with E-state index in [0.29, 0.717) is 17.8 Å². The SMILES string of the molecule is CC1(CNC(=O)Nc2ccc(C#N)cc2)CCCNC1. The van der Waals surface area contributed by atoms with Crippen molar-refractivity contribution in [3.05, 3.63) is 29.8 Å². The molecular weight excluding hydrogens is 252 g/mol. The number of piperidine rings is 1. The van der Waals surface area contributed by atoms with E-state index in [0.717, 1.165) is 25.9 Å². The second-order valence-corrected chi connectivity index (χ2v) is 5.59. The van der Waals surface area contributed by atoms with Crippen molar-refractivity contribution < 1.29 is 4.79 Å². The Morgan fingerprint density at radius 1 is 1.45 bits per heavy atom. The molecule has 3 N–H and O–H groups in total. The van der Waals surface area contributed by atoms with Gasteiger partial charge >= 0.3 is 6.03 Å². The second kappa shape index (κ2) is 6.40. The molecule has 5 nitrogen and oxygen atoms in total. The Labute approximate surface area is 119 Å². The van der Waals surface area contributed by atoms with E-state index >= 15 is 0 Å². The lowest BCUT2D eigenvalue weighted by molar-refractivity contribution is 0.217. The molecule has 1 saturated heterocycles. The first-order valence-corrected chi connectivity index (χ1v) is 6.87. The van der Waals surface area contributed by atoms with Crippen molar-refractivity contribution in [1.29, 1.82) is 5.26 Å². The average molecular weight is 272 g/mol. The summed E-state index contributed by atoms with van der Waals surface area (Å²) in [5.41, 5.74) is 1.39. The first-order chi connectivity index (χ1) is 9.61. The minimum atomic E-state index is -0.207. The van der Waals surface area contributed by atoms with E-state index in [9.17, 15) is 4.79 Å². The number of benzene rings is 1. The number of carbonyl (C=O) groups excluding carboxylic acids is 1. The van der Waals surface area contributed by atoms with Crippen molar-refractivity contribution in [2.24, 2.45) is 5.41 Å². The van der Waals surface area contributed by atoms with Gasteiger partial charge in [0.25, 0.3) is 0 Å². The van der Waals surface area contributed by atoms with E-state index in [1.54, 1.807) is 24.3 Å². The highest BCUT2D eigenvalue weighted by Crippen LogP contribution is 2.24. The molecule has 5 heteroatoms. The van der Waals surface area contributed by atoms with Gasteiger partial charge in [-0.25, -0.2) is 4.79 Å². The number of urea groups is 1. The van der Waals surface area contributed by atoms with Crippen molar-refractivity contribution in [3.63, 3.8) is 0 Å². The van der Waals surface area contributed by atoms with Crippen molar-refractivity contribution >= 4 is 11.7 Å². The molecule has 106 valence electrons. The van der Waals surface area contributed by atoms with Gasteiger partial charge in [0.15, 0.2) is 0 Å². The van der Waals surface area contributed by atoms with Crippen LogP contribution in [-0.2, 0) is 0 Å². The lowest BCUT2D eigenvalue weighted by Crippen LogP contribution is -2.46. The third kappa shape index (κ3) is 3.97. The van der Waals surface area contributed by atoms with E-state index in [1.165, 1.54) is 0 Å². The summed E-state index contributed by atoms with van der Waals surface area (Å²) >= 11 is 0. The van der Waals surface area contributed by atoms with Crippen LogP contribution in [0.4, 0.5) is 10.5 Å². The maximum absolute atomic E-state index is 11.8. The Morgan fingerprint density at radius 2 is 2.20 bits per heavy atom. The zero-order valence-corrected chi connectivity index (χ0v) is 11.7. The maximum atomic E-state index is 11.8. The van der Waals surface area contributed by atoms with Crippen LogP contribution in [0.25, 0.3) is 0 Å². The van der Waals surface area contributed by atoms with Crippen LogP contribution in [0.1, 0.15) is 25.3 Å². The summed E-state index contributed by atoms with van der Waals surface area (Å²) in [6, 6.07) is 8.65. The van der Waals surface area contributed by atoms with E-state index < -0.39 is 0 Å². The van der Waals surface area contributed by atoms with Gasteiger partial charge in [0.2, 0.25) is 0 Å². The fourth-order valence-corrected chi connectivity index (χ4v) is 2.37. The molecule has 1 heterocycles. The zero-order valence-electron chi connectivity index (χ0n) is 11.7. The highest BCUT2D eigenvalue weighted by atomic mass is 16.2. The molecular formula is C15H20N4O. The van der Waals surface area contributed by atoms with Gasteiger partial charge in [0.05, 0.1) is 11.6 Å². The van der Waals surface area contributed by atoms with Crippen molar-refractivity contribution in [2.45, 2.75) is 19.8 Å². The third-order valence-electron chi connectivity index (χ3n) is 3.63. The average Bonchev–Trinajstić information content (AvgIpc) is 2.47. The summed E-state index contributed by atoms with van der Waals surface area (Å²) in [6.45, 7) is 4.83. The van der Waals surface area contributed by atoms with Crippen LogP contribution in [0, 0.1) is 16.7 Å². The highest BCUT2D eigenvalue weighted by Gasteiger charge is 2.26. The Balaban J connectivity index is 1.81. The molecule has 0 spiro atoms. The smallest absolute Gasteiger partial charge is 0.319 e. The van der Waals surface area contributed by atoms with Crippen LogP contribution >= 0.6 is 0 Å². The molecule has 1 atom stereocenters. The molecule has 1 aliphatic heterocycles. The van der Waals surface area contributed by atoms with Gasteiger partial charge < -0.3 is 16.0 Å². The Hall–Kier alpha value is -2.06. The van der Waals surface area contributed by atoms with Crippen LogP contribution in [0.5, 0.6) is 0 Å². The molecule has 1 fully saturated rings. The largest absolute Gasteiger partial charge is 0.337 e. The monoisotopic (exact) mass is 272 g/mol. The fraction of sp³-hybridized carbons (Fsp3) is 0.467. The topological polar surface area (TPSA) is 77.0 Å². The van der Waals surface area contributed by atoms with Gasteiger partial charge in [0, 0.05) is 18.8 Å². The van der Waals surface area contributed by atoms with Gasteiger partial charge in [0.1, 0.15) is 0 Å². The summed E-state index contributed by atoms with van der Waals surface area (Å²) in [5, 5.41) is 17.8. The Bertz CT molecular complexity index is 498. The van der Waals surface area contributed by atoms with E-state index in [2.05, 4.69) is 22.9 Å². The number of nitrogens with one attached hydrogen (secondary N) is 3. The number of anilines is 1. The van der Waals surface area contributed by atoms with Gasteiger partial charge in [-0.15, -0.1) is 0 Å². The van der Waals surface area contributed by atoms with Crippen LogP contribution in [0.15, 0.2) is 24.3 Å². The molecule has 0 saturated carbocycles. The number of hydrogen-bond acceptors (Lipinski definition) is 3. The van der Waals surface area contributed by atoms with E-state index in [1.807, 2.05) is 6.07 Å². The zero-order chi connectivity index (χ0) is 14.4. The molecule has 0 aromatic heterocycles. The highest BCUT2D eigenvalue weighted by molar-refractivity contribution is 5.89. The van der Waals surface area contributed by atoms with Gasteiger partial charge in [-0.2, -0.15) is 5.26 Å². The summed E-state index contributed by atoms with van der Waals surface area (Å²) < 4.78 is 0. The van der Waals surface area contributed by atoms with Gasteiger partial charge in [-0.05, 0) is 49.1 Å². The molecule has 1 aromatic rings. The molecule has 20 heavy (non-hydrogen) atoms. The summed E-state index contributed by atoms with van der Waals surface area (Å²) in [5.74, 6) is 0. The first-order valence-electron chi connectivity index (χ1n) is 6.87. The van der Waals surface area contributed by atoms with Crippen LogP contribution in [0.2, 0.25) is 0 Å². The summed E-state index contributed by atoms with van der Waals surface area (Å²) in [6.07, 6.45) is 2.27. The summed E-state index contributed by atoms with van der Waals surface area (Å²) in [4.78, 5) is 11.8. The lowest BCUT2D eigenvalue weighted by Gasteiger charge is -2.34. The van der Waals surface area contributed by atoms with Crippen LogP contribution < -0.4 is 16.0 Å². The molecule has 2 amide bonds. The minimum absolute atomic E-state index is 0.125. The standard InChI is InChI=1S/C15H20N4O/c1-15(7-2-8-17-10-15)11-18-14(20)19-13-5-3-12(9-16)4-6-13/h3-6,17H,2,7-8,10-11H2,1H3,(H2,18,19,20). The lowest BCUT2D eigenvalue weighted by atomic mass is 9.83. The number of hydrogen-bond donors (Lipinski definition) is 3. The van der Waals surface area contributed by atoms with Crippen molar-refractivity contribution in [2.75, 3.05) is 25.0 Å². The molecule has 0 bridgehead atoms. The molecule has 2 rings (SSSR count). The number of nitriles is 1. The Kier molecular flexibility index (Phi) is 4.59. The molecule has 1 unspecified atom stereocenters. The minimum Gasteiger partial charge on any atom is -0.337 e. The van der Waals surface area contributed by atoms with Crippen molar-refractivity contribution in [3.8, 4) is 6.07 Å². The van der Waals surface area contributed by atoms with E-state index in [-0.39, 0.29) is 11.4 Å². The number of amides is 2. The number of rotatable bonds is 3. The predicted molar refractivity (Wildman–Crippen MR) is 78.4 cm³/mol. The predicted octanol–water partition coefficient (Wildman–Crippen LogP) is 2.07. The maximum Gasteiger partial charge on any atom is 0.319 e. The molecule has 1 aliphatic rings. The molecule has 0 radical (unpaired) electrons. The van der Waals surface area contributed by atoms with E-state index in [4.69, 9.17) is 5.26 Å². The second-order valence-electron chi connectivity index (χ2n) is 5.59. The quantitative estimate of drug-likeness (QED) is 0.788. The summed E-state index contributed by atoms with van der Waals surface area (Å²) in [7, 11) is 0. The Morgan fingerprint density at radius 3 is 2.80 bits per heavy atom. The van der Waals surface area contributed by atoms with Gasteiger partial charge in [-0.1, -0.05) is 6.92 Å². The first kappa shape index (κ1) is 14.4. The number of carbonyl (C=O) groups is 1. The van der Waals surface area contributed by atoms with Crippen LogP contribution in [-0.4, -0.2) is 25.7 Å². The van der Waals surface area contributed by atoms with Crippen molar-refractivity contribution in [1.82, 2.24) is 10.6 Å². The molecule has 0 aliphatic carbocycles. The van der Waals surface area contributed by atoms with Crippen LogP contribution in [0.3, 0.4) is 0 Å². The third-order valence-corrected chi connectivity index (χ3v) is 3.63.